The maximum atomic E-state index is 6.31. The predicted molar refractivity (Wildman–Crippen MR) is 75.7 cm³/mol. The van der Waals surface area contributed by atoms with Crippen LogP contribution in [0, 0.1) is 5.92 Å². The van der Waals surface area contributed by atoms with Gasteiger partial charge in [-0.3, -0.25) is 0 Å². The van der Waals surface area contributed by atoms with Crippen molar-refractivity contribution in [1.29, 1.82) is 0 Å². The summed E-state index contributed by atoms with van der Waals surface area (Å²) in [5.41, 5.74) is 5.86. The van der Waals surface area contributed by atoms with Crippen LogP contribution in [-0.2, 0) is 5.54 Å². The Hall–Kier alpha value is -0.900. The lowest BCUT2D eigenvalue weighted by Crippen LogP contribution is -2.35. The zero-order valence-electron chi connectivity index (χ0n) is 12.5. The van der Waals surface area contributed by atoms with Crippen molar-refractivity contribution in [2.45, 2.75) is 77.2 Å². The first kappa shape index (κ1) is 14.5. The molecule has 4 heteroatoms. The van der Waals surface area contributed by atoms with Crippen molar-refractivity contribution >= 4 is 0 Å². The molecule has 1 saturated carbocycles. The summed E-state index contributed by atoms with van der Waals surface area (Å²) >= 11 is 0. The van der Waals surface area contributed by atoms with E-state index in [-0.39, 0.29) is 0 Å². The molecule has 1 aromatic heterocycles. The third-order valence-electron chi connectivity index (χ3n) is 4.92. The van der Waals surface area contributed by atoms with Crippen LogP contribution < -0.4 is 5.73 Å². The zero-order valence-corrected chi connectivity index (χ0v) is 12.5. The molecular weight excluding hydrogens is 238 g/mol. The van der Waals surface area contributed by atoms with Gasteiger partial charge in [0.15, 0.2) is 5.82 Å². The van der Waals surface area contributed by atoms with Gasteiger partial charge in [-0.25, -0.2) is 0 Å². The van der Waals surface area contributed by atoms with E-state index in [9.17, 15) is 0 Å². The first-order chi connectivity index (χ1) is 9.12. The van der Waals surface area contributed by atoms with Gasteiger partial charge in [-0.1, -0.05) is 32.3 Å². The minimum Gasteiger partial charge on any atom is -0.337 e. The molecule has 0 unspecified atom stereocenters. The average Bonchev–Trinajstić information content (AvgIpc) is 2.97. The highest BCUT2D eigenvalue weighted by atomic mass is 16.5. The minimum atomic E-state index is -0.453. The van der Waals surface area contributed by atoms with Crippen LogP contribution in [0.4, 0.5) is 0 Å². The van der Waals surface area contributed by atoms with Gasteiger partial charge in [0, 0.05) is 5.92 Å². The predicted octanol–water partition coefficient (Wildman–Crippen LogP) is 3.73. The van der Waals surface area contributed by atoms with Crippen LogP contribution in [0.15, 0.2) is 4.52 Å². The van der Waals surface area contributed by atoms with Gasteiger partial charge in [0.1, 0.15) is 0 Å². The fourth-order valence-electron chi connectivity index (χ4n) is 2.98. The molecule has 0 atom stereocenters. The number of nitrogens with two attached hydrogens (primary N) is 1. The van der Waals surface area contributed by atoms with Crippen molar-refractivity contribution in [3.05, 3.63) is 11.7 Å². The summed E-state index contributed by atoms with van der Waals surface area (Å²) < 4.78 is 5.43. The van der Waals surface area contributed by atoms with Crippen molar-refractivity contribution in [3.63, 3.8) is 0 Å². The Labute approximate surface area is 116 Å². The maximum absolute atomic E-state index is 6.31. The monoisotopic (exact) mass is 265 g/mol. The van der Waals surface area contributed by atoms with Crippen molar-refractivity contribution in [2.75, 3.05) is 0 Å². The summed E-state index contributed by atoms with van der Waals surface area (Å²) in [6.07, 6.45) is 7.91. The summed E-state index contributed by atoms with van der Waals surface area (Å²) in [5.74, 6) is 2.85. The molecule has 108 valence electrons. The van der Waals surface area contributed by atoms with E-state index in [2.05, 4.69) is 30.9 Å². The van der Waals surface area contributed by atoms with Gasteiger partial charge in [-0.05, 0) is 44.4 Å². The summed E-state index contributed by atoms with van der Waals surface area (Å²) in [4.78, 5) is 4.60. The van der Waals surface area contributed by atoms with E-state index >= 15 is 0 Å². The molecule has 1 aliphatic carbocycles. The smallest absolute Gasteiger partial charge is 0.246 e. The third kappa shape index (κ3) is 2.99. The summed E-state index contributed by atoms with van der Waals surface area (Å²) in [6, 6.07) is 0. The van der Waals surface area contributed by atoms with Crippen molar-refractivity contribution in [1.82, 2.24) is 10.1 Å². The molecule has 4 nitrogen and oxygen atoms in total. The molecule has 0 aromatic carbocycles. The standard InChI is InChI=1S/C15H27N3O/c1-4-11-7-9-12(10-8-11)13-17-14(19-18-13)15(16,5-2)6-3/h11-12H,4-10,16H2,1-3H3. The maximum Gasteiger partial charge on any atom is 0.246 e. The molecule has 0 bridgehead atoms. The van der Waals surface area contributed by atoms with Gasteiger partial charge in [0.05, 0.1) is 5.54 Å². The first-order valence-corrected chi connectivity index (χ1v) is 7.75. The van der Waals surface area contributed by atoms with E-state index in [0.29, 0.717) is 11.8 Å². The lowest BCUT2D eigenvalue weighted by Gasteiger charge is -2.25. The molecule has 2 rings (SSSR count). The van der Waals surface area contributed by atoms with Crippen molar-refractivity contribution in [3.8, 4) is 0 Å². The number of hydrogen-bond acceptors (Lipinski definition) is 4. The lowest BCUT2D eigenvalue weighted by atomic mass is 9.80. The van der Waals surface area contributed by atoms with E-state index in [1.807, 2.05) is 0 Å². The van der Waals surface area contributed by atoms with Crippen LogP contribution in [0.3, 0.4) is 0 Å². The molecule has 0 radical (unpaired) electrons. The van der Waals surface area contributed by atoms with E-state index in [0.717, 1.165) is 24.6 Å². The molecule has 19 heavy (non-hydrogen) atoms. The first-order valence-electron chi connectivity index (χ1n) is 7.75. The molecule has 2 N–H and O–H groups in total. The van der Waals surface area contributed by atoms with Crippen molar-refractivity contribution in [2.24, 2.45) is 11.7 Å². The Kier molecular flexibility index (Phi) is 4.61. The highest BCUT2D eigenvalue weighted by Crippen LogP contribution is 2.36. The second-order valence-corrected chi connectivity index (χ2v) is 5.95. The van der Waals surface area contributed by atoms with Gasteiger partial charge in [0.25, 0.3) is 0 Å². The Morgan fingerprint density at radius 2 is 1.79 bits per heavy atom. The number of nitrogens with zero attached hydrogens (tertiary/aromatic N) is 2. The summed E-state index contributed by atoms with van der Waals surface area (Å²) in [7, 11) is 0. The van der Waals surface area contributed by atoms with Gasteiger partial charge in [-0.2, -0.15) is 4.98 Å². The molecular formula is C15H27N3O. The molecule has 1 heterocycles. The largest absolute Gasteiger partial charge is 0.337 e. The fourth-order valence-corrected chi connectivity index (χ4v) is 2.98. The Morgan fingerprint density at radius 3 is 2.32 bits per heavy atom. The quantitative estimate of drug-likeness (QED) is 0.881. The molecule has 0 amide bonds. The average molecular weight is 265 g/mol. The zero-order chi connectivity index (χ0) is 13.9. The second-order valence-electron chi connectivity index (χ2n) is 5.95. The molecule has 0 spiro atoms. The van der Waals surface area contributed by atoms with Gasteiger partial charge in [-0.15, -0.1) is 0 Å². The lowest BCUT2D eigenvalue weighted by molar-refractivity contribution is 0.263. The second kappa shape index (κ2) is 6.04. The Bertz CT molecular complexity index is 390. The minimum absolute atomic E-state index is 0.453. The van der Waals surface area contributed by atoms with E-state index in [1.54, 1.807) is 0 Å². The Morgan fingerprint density at radius 1 is 1.16 bits per heavy atom. The van der Waals surface area contributed by atoms with Crippen LogP contribution in [0.5, 0.6) is 0 Å². The van der Waals surface area contributed by atoms with Crippen molar-refractivity contribution < 1.29 is 4.52 Å². The highest BCUT2D eigenvalue weighted by molar-refractivity contribution is 5.04. The van der Waals surface area contributed by atoms with E-state index in [4.69, 9.17) is 10.3 Å². The highest BCUT2D eigenvalue weighted by Gasteiger charge is 2.32. The number of rotatable bonds is 5. The van der Waals surface area contributed by atoms with Gasteiger partial charge >= 0.3 is 0 Å². The topological polar surface area (TPSA) is 64.9 Å². The van der Waals surface area contributed by atoms with Gasteiger partial charge in [0.2, 0.25) is 5.89 Å². The van der Waals surface area contributed by atoms with Crippen LogP contribution >= 0.6 is 0 Å². The number of hydrogen-bond donors (Lipinski definition) is 1. The Balaban J connectivity index is 2.05. The summed E-state index contributed by atoms with van der Waals surface area (Å²) in [6.45, 7) is 6.42. The van der Waals surface area contributed by atoms with Crippen LogP contribution in [0.1, 0.15) is 83.3 Å². The number of aromatic nitrogens is 2. The fraction of sp³-hybridized carbons (Fsp3) is 0.867. The van der Waals surface area contributed by atoms with E-state index in [1.165, 1.54) is 32.1 Å². The van der Waals surface area contributed by atoms with Crippen LogP contribution in [0.2, 0.25) is 0 Å². The molecule has 1 aliphatic rings. The molecule has 0 saturated heterocycles. The van der Waals surface area contributed by atoms with Crippen LogP contribution in [-0.4, -0.2) is 10.1 Å². The van der Waals surface area contributed by atoms with E-state index < -0.39 is 5.54 Å². The molecule has 0 aliphatic heterocycles. The summed E-state index contributed by atoms with van der Waals surface area (Å²) in [5, 5.41) is 4.19. The van der Waals surface area contributed by atoms with Crippen LogP contribution in [0.25, 0.3) is 0 Å². The third-order valence-corrected chi connectivity index (χ3v) is 4.92. The van der Waals surface area contributed by atoms with Gasteiger partial charge < -0.3 is 10.3 Å². The SMILES string of the molecule is CCC1CCC(c2noc(C(N)(CC)CC)n2)CC1. The molecule has 1 fully saturated rings. The molecule has 1 aromatic rings. The normalized spacial score (nSPS) is 24.6.